The van der Waals surface area contributed by atoms with Gasteiger partial charge in [-0.3, -0.25) is 4.79 Å². The van der Waals surface area contributed by atoms with E-state index in [0.717, 1.165) is 25.7 Å². The zero-order valence-corrected chi connectivity index (χ0v) is 13.1. The highest BCUT2D eigenvalue weighted by molar-refractivity contribution is 5.98. The molecule has 1 aromatic rings. The Hall–Kier alpha value is -1.62. The summed E-state index contributed by atoms with van der Waals surface area (Å²) in [7, 11) is 1.77. The molecular weight excluding hydrogens is 266 g/mol. The summed E-state index contributed by atoms with van der Waals surface area (Å²) in [6.07, 6.45) is 5.37. The summed E-state index contributed by atoms with van der Waals surface area (Å²) in [6.45, 7) is 5.00. The molecule has 1 aromatic heterocycles. The third-order valence-electron chi connectivity index (χ3n) is 4.41. The van der Waals surface area contributed by atoms with E-state index in [-0.39, 0.29) is 17.6 Å². The van der Waals surface area contributed by atoms with E-state index in [2.05, 4.69) is 29.5 Å². The maximum Gasteiger partial charge on any atom is 0.255 e. The Balaban J connectivity index is 2.05. The molecule has 2 N–H and O–H groups in total. The number of amides is 1. The van der Waals surface area contributed by atoms with Crippen LogP contribution in [0.5, 0.6) is 0 Å². The second-order valence-electron chi connectivity index (χ2n) is 5.55. The Morgan fingerprint density at radius 1 is 1.48 bits per heavy atom. The summed E-state index contributed by atoms with van der Waals surface area (Å²) in [5.74, 6) is 0.541. The lowest BCUT2D eigenvalue weighted by molar-refractivity contribution is -0.0917. The average molecular weight is 291 g/mol. The number of carbonyl (C=O) groups excluding carboxylic acids is 1. The molecule has 0 aromatic carbocycles. The Morgan fingerprint density at radius 3 is 2.90 bits per heavy atom. The van der Waals surface area contributed by atoms with E-state index in [0.29, 0.717) is 18.0 Å². The summed E-state index contributed by atoms with van der Waals surface area (Å²) in [5, 5.41) is 6.09. The quantitative estimate of drug-likeness (QED) is 0.875. The van der Waals surface area contributed by atoms with Crippen LogP contribution in [0.25, 0.3) is 0 Å². The molecule has 1 amide bonds. The molecule has 1 aliphatic heterocycles. The molecule has 5 nitrogen and oxygen atoms in total. The second kappa shape index (κ2) is 6.89. The Kier molecular flexibility index (Phi) is 5.17. The van der Waals surface area contributed by atoms with Gasteiger partial charge in [-0.15, -0.1) is 0 Å². The van der Waals surface area contributed by atoms with Crippen molar-refractivity contribution in [3.63, 3.8) is 0 Å². The van der Waals surface area contributed by atoms with Crippen LogP contribution in [0.2, 0.25) is 0 Å². The molecule has 2 rings (SSSR count). The minimum Gasteiger partial charge on any atom is -0.375 e. The second-order valence-corrected chi connectivity index (χ2v) is 5.55. The molecule has 116 valence electrons. The number of anilines is 1. The maximum absolute atomic E-state index is 12.4. The molecule has 0 aliphatic carbocycles. The highest BCUT2D eigenvalue weighted by Gasteiger charge is 2.35. The lowest BCUT2D eigenvalue weighted by atomic mass is 9.86. The minimum atomic E-state index is -0.0863. The zero-order chi connectivity index (χ0) is 15.3. The molecule has 1 fully saturated rings. The van der Waals surface area contributed by atoms with Crippen molar-refractivity contribution in [3.8, 4) is 0 Å². The van der Waals surface area contributed by atoms with Crippen LogP contribution in [0.15, 0.2) is 18.3 Å². The van der Waals surface area contributed by atoms with Crippen LogP contribution in [-0.2, 0) is 4.74 Å². The first-order valence-corrected chi connectivity index (χ1v) is 7.71. The largest absolute Gasteiger partial charge is 0.375 e. The number of carbonyl (C=O) groups is 1. The van der Waals surface area contributed by atoms with Crippen molar-refractivity contribution in [2.24, 2.45) is 0 Å². The maximum atomic E-state index is 12.4. The van der Waals surface area contributed by atoms with Gasteiger partial charge in [0.25, 0.3) is 5.91 Å². The third-order valence-corrected chi connectivity index (χ3v) is 4.41. The van der Waals surface area contributed by atoms with E-state index in [1.165, 1.54) is 0 Å². The van der Waals surface area contributed by atoms with Crippen LogP contribution < -0.4 is 10.6 Å². The molecule has 5 heteroatoms. The Morgan fingerprint density at radius 2 is 2.24 bits per heavy atom. The lowest BCUT2D eigenvalue weighted by Gasteiger charge is -2.40. The van der Waals surface area contributed by atoms with E-state index in [9.17, 15) is 4.79 Å². The normalized spacial score (nSPS) is 20.8. The van der Waals surface area contributed by atoms with Gasteiger partial charge in [0.1, 0.15) is 5.82 Å². The summed E-state index contributed by atoms with van der Waals surface area (Å²) in [6, 6.07) is 3.73. The third kappa shape index (κ3) is 3.53. The number of rotatable bonds is 5. The van der Waals surface area contributed by atoms with E-state index in [1.807, 2.05) is 0 Å². The molecular formula is C16H25N3O2. The van der Waals surface area contributed by atoms with Crippen LogP contribution in [0, 0.1) is 0 Å². The van der Waals surface area contributed by atoms with Gasteiger partial charge in [0.15, 0.2) is 0 Å². The van der Waals surface area contributed by atoms with Gasteiger partial charge in [-0.05, 0) is 37.8 Å². The van der Waals surface area contributed by atoms with Crippen molar-refractivity contribution in [2.45, 2.75) is 51.2 Å². The molecule has 1 atom stereocenters. The lowest BCUT2D eigenvalue weighted by Crippen LogP contribution is -2.48. The molecule has 2 heterocycles. The number of nitrogens with one attached hydrogen (secondary N) is 2. The number of pyridine rings is 1. The van der Waals surface area contributed by atoms with Gasteiger partial charge < -0.3 is 15.4 Å². The summed E-state index contributed by atoms with van der Waals surface area (Å²) < 4.78 is 5.95. The number of aromatic nitrogens is 1. The Bertz CT molecular complexity index is 486. The molecule has 21 heavy (non-hydrogen) atoms. The van der Waals surface area contributed by atoms with Crippen molar-refractivity contribution in [2.75, 3.05) is 19.0 Å². The van der Waals surface area contributed by atoms with Crippen LogP contribution >= 0.6 is 0 Å². The molecule has 1 saturated heterocycles. The van der Waals surface area contributed by atoms with Gasteiger partial charge in [-0.2, -0.15) is 0 Å². The summed E-state index contributed by atoms with van der Waals surface area (Å²) >= 11 is 0. The van der Waals surface area contributed by atoms with Crippen LogP contribution in [0.3, 0.4) is 0 Å². The summed E-state index contributed by atoms with van der Waals surface area (Å²) in [4.78, 5) is 16.6. The van der Waals surface area contributed by atoms with Crippen LogP contribution in [0.1, 0.15) is 49.9 Å². The van der Waals surface area contributed by atoms with Gasteiger partial charge in [0.05, 0.1) is 11.2 Å². The van der Waals surface area contributed by atoms with E-state index in [4.69, 9.17) is 4.74 Å². The highest BCUT2D eigenvalue weighted by Crippen LogP contribution is 2.31. The first-order chi connectivity index (χ1) is 10.1. The van der Waals surface area contributed by atoms with Crippen molar-refractivity contribution in [3.05, 3.63) is 23.9 Å². The van der Waals surface area contributed by atoms with Gasteiger partial charge in [-0.1, -0.05) is 13.8 Å². The van der Waals surface area contributed by atoms with Crippen molar-refractivity contribution in [1.29, 1.82) is 0 Å². The molecule has 0 saturated carbocycles. The smallest absolute Gasteiger partial charge is 0.255 e. The van der Waals surface area contributed by atoms with Crippen LogP contribution in [0.4, 0.5) is 5.82 Å². The number of ether oxygens (including phenoxy) is 1. The van der Waals surface area contributed by atoms with E-state index < -0.39 is 0 Å². The minimum absolute atomic E-state index is 0.0690. The van der Waals surface area contributed by atoms with Crippen molar-refractivity contribution in [1.82, 2.24) is 10.3 Å². The molecule has 0 bridgehead atoms. The first-order valence-electron chi connectivity index (χ1n) is 7.71. The fourth-order valence-electron chi connectivity index (χ4n) is 2.94. The van der Waals surface area contributed by atoms with Gasteiger partial charge in [0.2, 0.25) is 0 Å². The predicted molar refractivity (Wildman–Crippen MR) is 83.5 cm³/mol. The SMILES string of the molecule is CCC1(CC)CC(NC(=O)c2cccnc2NC)CCO1. The van der Waals surface area contributed by atoms with E-state index >= 15 is 0 Å². The van der Waals surface area contributed by atoms with E-state index in [1.54, 1.807) is 25.4 Å². The number of hydrogen-bond donors (Lipinski definition) is 2. The fourth-order valence-corrected chi connectivity index (χ4v) is 2.94. The Labute approximate surface area is 126 Å². The predicted octanol–water partition coefficient (Wildman–Crippen LogP) is 2.59. The zero-order valence-electron chi connectivity index (χ0n) is 13.1. The molecule has 1 aliphatic rings. The molecule has 0 spiro atoms. The van der Waals surface area contributed by atoms with Gasteiger partial charge in [-0.25, -0.2) is 4.98 Å². The average Bonchev–Trinajstić information content (AvgIpc) is 2.54. The monoisotopic (exact) mass is 291 g/mol. The van der Waals surface area contributed by atoms with Gasteiger partial charge in [0, 0.05) is 25.9 Å². The number of nitrogens with zero attached hydrogens (tertiary/aromatic N) is 1. The molecule has 0 radical (unpaired) electrons. The van der Waals surface area contributed by atoms with Crippen molar-refractivity contribution < 1.29 is 9.53 Å². The highest BCUT2D eigenvalue weighted by atomic mass is 16.5. The van der Waals surface area contributed by atoms with Crippen LogP contribution in [-0.4, -0.2) is 36.2 Å². The fraction of sp³-hybridized carbons (Fsp3) is 0.625. The standard InChI is InChI=1S/C16H25N3O2/c1-4-16(5-2)11-12(8-10-21-16)19-15(20)13-7-6-9-18-14(13)17-3/h6-7,9,12H,4-5,8,10-11H2,1-3H3,(H,17,18)(H,19,20). The van der Waals surface area contributed by atoms with Crippen molar-refractivity contribution >= 4 is 11.7 Å². The topological polar surface area (TPSA) is 63.2 Å². The number of hydrogen-bond acceptors (Lipinski definition) is 4. The summed E-state index contributed by atoms with van der Waals surface area (Å²) in [5.41, 5.74) is 0.502. The first kappa shape index (κ1) is 15.8. The van der Waals surface area contributed by atoms with Gasteiger partial charge >= 0.3 is 0 Å². The molecule has 1 unspecified atom stereocenters.